The SMILES string of the molecule is COc1cc(/C=N\NC(=O)c2ccccc2)ccc1OCC(=O)Nc1ccc(C)cc1. The number of nitrogens with one attached hydrogen (secondary N) is 2. The van der Waals surface area contributed by atoms with Crippen LogP contribution in [-0.4, -0.2) is 31.7 Å². The fourth-order valence-corrected chi connectivity index (χ4v) is 2.68. The molecule has 0 saturated carbocycles. The number of hydrogen-bond donors (Lipinski definition) is 2. The van der Waals surface area contributed by atoms with Crippen molar-refractivity contribution in [3.8, 4) is 11.5 Å². The lowest BCUT2D eigenvalue weighted by Crippen LogP contribution is -2.20. The Morgan fingerprint density at radius 3 is 2.42 bits per heavy atom. The molecule has 7 nitrogen and oxygen atoms in total. The van der Waals surface area contributed by atoms with Gasteiger partial charge < -0.3 is 14.8 Å². The normalized spacial score (nSPS) is 10.5. The highest BCUT2D eigenvalue weighted by molar-refractivity contribution is 5.95. The lowest BCUT2D eigenvalue weighted by molar-refractivity contribution is -0.118. The Labute approximate surface area is 180 Å². The fraction of sp³-hybridized carbons (Fsp3) is 0.125. The first-order valence-electron chi connectivity index (χ1n) is 9.61. The highest BCUT2D eigenvalue weighted by Crippen LogP contribution is 2.27. The minimum atomic E-state index is -0.302. The number of hydrazone groups is 1. The molecule has 2 amide bonds. The third kappa shape index (κ3) is 6.43. The van der Waals surface area contributed by atoms with Crippen LogP contribution in [0.1, 0.15) is 21.5 Å². The van der Waals surface area contributed by atoms with Gasteiger partial charge in [-0.05, 0) is 55.0 Å². The number of methoxy groups -OCH3 is 1. The summed E-state index contributed by atoms with van der Waals surface area (Å²) < 4.78 is 10.9. The Balaban J connectivity index is 1.56. The number of ether oxygens (including phenoxy) is 2. The van der Waals surface area contributed by atoms with Gasteiger partial charge in [-0.25, -0.2) is 5.43 Å². The zero-order valence-electron chi connectivity index (χ0n) is 17.3. The number of carbonyl (C=O) groups is 2. The van der Waals surface area contributed by atoms with Gasteiger partial charge in [0.2, 0.25) is 0 Å². The van der Waals surface area contributed by atoms with E-state index in [0.717, 1.165) is 5.56 Å². The lowest BCUT2D eigenvalue weighted by atomic mass is 10.2. The number of nitrogens with zero attached hydrogens (tertiary/aromatic N) is 1. The lowest BCUT2D eigenvalue weighted by Gasteiger charge is -2.11. The summed E-state index contributed by atoms with van der Waals surface area (Å²) in [6.45, 7) is 1.82. The standard InChI is InChI=1S/C24H23N3O4/c1-17-8-11-20(12-9-17)26-23(28)16-31-21-13-10-18(14-22(21)30-2)15-25-27-24(29)19-6-4-3-5-7-19/h3-15H,16H2,1-2H3,(H,26,28)(H,27,29)/b25-15-. The van der Waals surface area contributed by atoms with E-state index in [1.54, 1.807) is 42.5 Å². The number of benzene rings is 3. The maximum absolute atomic E-state index is 12.1. The first-order valence-corrected chi connectivity index (χ1v) is 9.61. The zero-order valence-corrected chi connectivity index (χ0v) is 17.3. The van der Waals surface area contributed by atoms with Gasteiger partial charge in [-0.3, -0.25) is 9.59 Å². The first-order chi connectivity index (χ1) is 15.0. The Morgan fingerprint density at radius 1 is 0.968 bits per heavy atom. The molecule has 158 valence electrons. The number of amides is 2. The summed E-state index contributed by atoms with van der Waals surface area (Å²) in [6.07, 6.45) is 1.50. The molecular formula is C24H23N3O4. The molecule has 0 aliphatic carbocycles. The Bertz CT molecular complexity index is 1060. The predicted molar refractivity (Wildman–Crippen MR) is 120 cm³/mol. The molecule has 0 fully saturated rings. The zero-order chi connectivity index (χ0) is 22.1. The van der Waals surface area contributed by atoms with Crippen LogP contribution in [0.25, 0.3) is 0 Å². The molecule has 0 aliphatic heterocycles. The predicted octanol–water partition coefficient (Wildman–Crippen LogP) is 3.79. The van der Waals surface area contributed by atoms with Crippen LogP contribution in [0, 0.1) is 6.92 Å². The number of rotatable bonds is 8. The van der Waals surface area contributed by atoms with E-state index in [9.17, 15) is 9.59 Å². The second-order valence-corrected chi connectivity index (χ2v) is 6.68. The van der Waals surface area contributed by atoms with Crippen molar-refractivity contribution in [3.63, 3.8) is 0 Å². The van der Waals surface area contributed by atoms with Crippen molar-refractivity contribution < 1.29 is 19.1 Å². The number of anilines is 1. The average Bonchev–Trinajstić information content (AvgIpc) is 2.80. The van der Waals surface area contributed by atoms with Crippen molar-refractivity contribution in [1.82, 2.24) is 5.43 Å². The molecule has 0 aliphatic rings. The van der Waals surface area contributed by atoms with E-state index in [0.29, 0.717) is 28.3 Å². The van der Waals surface area contributed by atoms with Crippen LogP contribution in [-0.2, 0) is 4.79 Å². The van der Waals surface area contributed by atoms with Gasteiger partial charge in [0.1, 0.15) is 0 Å². The molecule has 0 bridgehead atoms. The van der Waals surface area contributed by atoms with Crippen molar-refractivity contribution in [2.24, 2.45) is 5.10 Å². The van der Waals surface area contributed by atoms with Crippen molar-refractivity contribution in [1.29, 1.82) is 0 Å². The van der Waals surface area contributed by atoms with Gasteiger partial charge in [0.25, 0.3) is 11.8 Å². The molecule has 2 N–H and O–H groups in total. The van der Waals surface area contributed by atoms with Gasteiger partial charge >= 0.3 is 0 Å². The molecule has 3 aromatic rings. The molecule has 3 aromatic carbocycles. The number of aryl methyl sites for hydroxylation is 1. The van der Waals surface area contributed by atoms with Gasteiger partial charge in [-0.2, -0.15) is 5.10 Å². The van der Waals surface area contributed by atoms with Gasteiger partial charge in [-0.15, -0.1) is 0 Å². The molecule has 0 aromatic heterocycles. The third-order valence-corrected chi connectivity index (χ3v) is 4.30. The largest absolute Gasteiger partial charge is 0.493 e. The molecule has 0 atom stereocenters. The van der Waals surface area contributed by atoms with Gasteiger partial charge in [0, 0.05) is 11.3 Å². The molecule has 0 radical (unpaired) electrons. The van der Waals surface area contributed by atoms with E-state index in [4.69, 9.17) is 9.47 Å². The van der Waals surface area contributed by atoms with E-state index in [-0.39, 0.29) is 18.4 Å². The summed E-state index contributed by atoms with van der Waals surface area (Å²) in [5.74, 6) is 0.289. The third-order valence-electron chi connectivity index (χ3n) is 4.30. The van der Waals surface area contributed by atoms with Crippen LogP contribution in [0.4, 0.5) is 5.69 Å². The monoisotopic (exact) mass is 417 g/mol. The van der Waals surface area contributed by atoms with Crippen molar-refractivity contribution >= 4 is 23.7 Å². The summed E-state index contributed by atoms with van der Waals surface area (Å²) in [5.41, 5.74) is 5.50. The Hall–Kier alpha value is -4.13. The molecule has 7 heteroatoms. The van der Waals surface area contributed by atoms with Gasteiger partial charge in [0.05, 0.1) is 13.3 Å². The van der Waals surface area contributed by atoms with E-state index in [2.05, 4.69) is 15.8 Å². The van der Waals surface area contributed by atoms with Crippen LogP contribution >= 0.6 is 0 Å². The molecule has 0 saturated heterocycles. The number of carbonyl (C=O) groups excluding carboxylic acids is 2. The van der Waals surface area contributed by atoms with E-state index in [1.807, 2.05) is 37.3 Å². The van der Waals surface area contributed by atoms with Crippen LogP contribution in [0.15, 0.2) is 77.9 Å². The highest BCUT2D eigenvalue weighted by atomic mass is 16.5. The Kier molecular flexibility index (Phi) is 7.37. The molecule has 0 spiro atoms. The van der Waals surface area contributed by atoms with Gasteiger partial charge in [-0.1, -0.05) is 35.9 Å². The minimum absolute atomic E-state index is 0.162. The van der Waals surface area contributed by atoms with Crippen LogP contribution in [0.3, 0.4) is 0 Å². The summed E-state index contributed by atoms with van der Waals surface area (Å²) in [5, 5.41) is 6.74. The van der Waals surface area contributed by atoms with Crippen LogP contribution < -0.4 is 20.2 Å². The minimum Gasteiger partial charge on any atom is -0.493 e. The fourth-order valence-electron chi connectivity index (χ4n) is 2.68. The maximum atomic E-state index is 12.1. The van der Waals surface area contributed by atoms with E-state index < -0.39 is 0 Å². The second kappa shape index (κ2) is 10.6. The molecule has 0 heterocycles. The second-order valence-electron chi connectivity index (χ2n) is 6.68. The van der Waals surface area contributed by atoms with Crippen LogP contribution in [0.5, 0.6) is 11.5 Å². The van der Waals surface area contributed by atoms with Crippen molar-refractivity contribution in [2.75, 3.05) is 19.0 Å². The summed E-state index contributed by atoms with van der Waals surface area (Å²) in [4.78, 5) is 24.1. The quantitative estimate of drug-likeness (QED) is 0.431. The molecule has 0 unspecified atom stereocenters. The summed E-state index contributed by atoms with van der Waals surface area (Å²) >= 11 is 0. The Morgan fingerprint density at radius 2 is 1.71 bits per heavy atom. The molecule has 3 rings (SSSR count). The summed E-state index contributed by atoms with van der Waals surface area (Å²) in [6, 6.07) is 21.4. The van der Waals surface area contributed by atoms with E-state index >= 15 is 0 Å². The average molecular weight is 417 g/mol. The highest BCUT2D eigenvalue weighted by Gasteiger charge is 2.09. The van der Waals surface area contributed by atoms with Gasteiger partial charge in [0.15, 0.2) is 18.1 Å². The summed E-state index contributed by atoms with van der Waals surface area (Å²) in [7, 11) is 1.51. The smallest absolute Gasteiger partial charge is 0.271 e. The molecule has 31 heavy (non-hydrogen) atoms. The first kappa shape index (κ1) is 21.6. The topological polar surface area (TPSA) is 89.0 Å². The van der Waals surface area contributed by atoms with Crippen molar-refractivity contribution in [3.05, 3.63) is 89.5 Å². The van der Waals surface area contributed by atoms with E-state index in [1.165, 1.54) is 13.3 Å². The van der Waals surface area contributed by atoms with Crippen LogP contribution in [0.2, 0.25) is 0 Å². The molecular weight excluding hydrogens is 394 g/mol. The maximum Gasteiger partial charge on any atom is 0.271 e. The number of hydrogen-bond acceptors (Lipinski definition) is 5. The van der Waals surface area contributed by atoms with Crippen molar-refractivity contribution in [2.45, 2.75) is 6.92 Å².